The Morgan fingerprint density at radius 1 is 0.952 bits per heavy atom. The molecule has 4 heteroatoms. The van der Waals surface area contributed by atoms with Gasteiger partial charge in [-0.2, -0.15) is 0 Å². The van der Waals surface area contributed by atoms with Crippen LogP contribution in [0.2, 0.25) is 5.02 Å². The van der Waals surface area contributed by atoms with Crippen LogP contribution in [-0.2, 0) is 0 Å². The number of hydrogen-bond acceptors (Lipinski definition) is 1. The van der Waals surface area contributed by atoms with Gasteiger partial charge in [-0.15, -0.1) is 0 Å². The molecule has 0 N–H and O–H groups in total. The Labute approximate surface area is 135 Å². The maximum atomic E-state index is 5.96. The number of aromatic nitrogens is 2. The topological polar surface area (TPSA) is 17.8 Å². The summed E-state index contributed by atoms with van der Waals surface area (Å²) in [6, 6.07) is 18.4. The van der Waals surface area contributed by atoms with Gasteiger partial charge in [0.05, 0.1) is 0 Å². The van der Waals surface area contributed by atoms with E-state index in [1.54, 1.807) is 0 Å². The van der Waals surface area contributed by atoms with Crippen LogP contribution < -0.4 is 8.92 Å². The summed E-state index contributed by atoms with van der Waals surface area (Å²) in [4.78, 5) is 0. The van der Waals surface area contributed by atoms with Crippen LogP contribution in [0.3, 0.4) is 0 Å². The third-order valence-corrected chi connectivity index (χ3v) is 6.24. The van der Waals surface area contributed by atoms with Gasteiger partial charge in [-0.3, -0.25) is 0 Å². The number of halogens is 1. The van der Waals surface area contributed by atoms with E-state index in [1.807, 2.05) is 28.9 Å². The molecule has 2 aromatic carbocycles. The minimum atomic E-state index is 0.278. The summed E-state index contributed by atoms with van der Waals surface area (Å²) in [7, 11) is 0. The average Bonchev–Trinajstić information content (AvgIpc) is 2.77. The molecule has 21 heavy (non-hydrogen) atoms. The SMILES string of the molecule is Cc1nn(-c2ccc(Cl)cc2)c(C)c1[Se]c1ccccc1. The van der Waals surface area contributed by atoms with Crippen LogP contribution in [0, 0.1) is 13.8 Å². The van der Waals surface area contributed by atoms with E-state index in [2.05, 4.69) is 44.2 Å². The average molecular weight is 362 g/mol. The Morgan fingerprint density at radius 3 is 2.29 bits per heavy atom. The van der Waals surface area contributed by atoms with Crippen molar-refractivity contribution in [2.24, 2.45) is 0 Å². The van der Waals surface area contributed by atoms with Crippen molar-refractivity contribution in [3.8, 4) is 5.69 Å². The van der Waals surface area contributed by atoms with Crippen LogP contribution in [0.5, 0.6) is 0 Å². The molecular weight excluding hydrogens is 347 g/mol. The number of benzene rings is 2. The van der Waals surface area contributed by atoms with Crippen molar-refractivity contribution in [1.29, 1.82) is 0 Å². The molecule has 2 nitrogen and oxygen atoms in total. The van der Waals surface area contributed by atoms with Crippen molar-refractivity contribution in [2.75, 3.05) is 0 Å². The van der Waals surface area contributed by atoms with E-state index in [4.69, 9.17) is 16.7 Å². The van der Waals surface area contributed by atoms with E-state index in [-0.39, 0.29) is 15.0 Å². The molecule has 0 bridgehead atoms. The number of rotatable bonds is 3. The Morgan fingerprint density at radius 2 is 1.62 bits per heavy atom. The van der Waals surface area contributed by atoms with Gasteiger partial charge in [0.25, 0.3) is 0 Å². The monoisotopic (exact) mass is 362 g/mol. The van der Waals surface area contributed by atoms with Crippen LogP contribution >= 0.6 is 11.6 Å². The fraction of sp³-hybridized carbons (Fsp3) is 0.118. The second-order valence-electron chi connectivity index (χ2n) is 4.80. The van der Waals surface area contributed by atoms with Gasteiger partial charge >= 0.3 is 136 Å². The Balaban J connectivity index is 1.98. The molecule has 3 aromatic rings. The summed E-state index contributed by atoms with van der Waals surface area (Å²) in [6.45, 7) is 4.22. The Hall–Kier alpha value is -1.54. The third kappa shape index (κ3) is 3.05. The number of aryl methyl sites for hydroxylation is 1. The van der Waals surface area contributed by atoms with Crippen LogP contribution in [-0.4, -0.2) is 24.7 Å². The Kier molecular flexibility index (Phi) is 4.16. The van der Waals surface area contributed by atoms with Gasteiger partial charge in [-0.25, -0.2) is 0 Å². The zero-order valence-electron chi connectivity index (χ0n) is 11.9. The first-order valence-electron chi connectivity index (χ1n) is 6.70. The first kappa shape index (κ1) is 14.4. The molecule has 0 aliphatic carbocycles. The predicted molar refractivity (Wildman–Crippen MR) is 89.5 cm³/mol. The van der Waals surface area contributed by atoms with Gasteiger partial charge in [0.2, 0.25) is 0 Å². The van der Waals surface area contributed by atoms with E-state index in [1.165, 1.54) is 14.6 Å². The van der Waals surface area contributed by atoms with Gasteiger partial charge in [0, 0.05) is 0 Å². The number of hydrogen-bond donors (Lipinski definition) is 0. The summed E-state index contributed by atoms with van der Waals surface area (Å²) in [5.41, 5.74) is 3.36. The van der Waals surface area contributed by atoms with Gasteiger partial charge < -0.3 is 0 Å². The van der Waals surface area contributed by atoms with Gasteiger partial charge in [-0.1, -0.05) is 0 Å². The first-order chi connectivity index (χ1) is 10.1. The first-order valence-corrected chi connectivity index (χ1v) is 8.79. The minimum absolute atomic E-state index is 0.278. The third-order valence-electron chi connectivity index (χ3n) is 3.26. The molecule has 0 fully saturated rings. The molecule has 0 aliphatic heterocycles. The van der Waals surface area contributed by atoms with E-state index >= 15 is 0 Å². The van der Waals surface area contributed by atoms with Crippen LogP contribution in [0.25, 0.3) is 5.69 Å². The molecule has 0 saturated carbocycles. The van der Waals surface area contributed by atoms with E-state index in [9.17, 15) is 0 Å². The quantitative estimate of drug-likeness (QED) is 0.656. The van der Waals surface area contributed by atoms with Crippen molar-refractivity contribution in [1.82, 2.24) is 9.78 Å². The number of nitrogens with zero attached hydrogens (tertiary/aromatic N) is 2. The zero-order chi connectivity index (χ0) is 14.8. The van der Waals surface area contributed by atoms with Crippen LogP contribution in [0.1, 0.15) is 11.4 Å². The molecule has 1 heterocycles. The van der Waals surface area contributed by atoms with E-state index in [0.29, 0.717) is 0 Å². The molecule has 1 aromatic heterocycles. The molecule has 106 valence electrons. The fourth-order valence-corrected chi connectivity index (χ4v) is 4.34. The second kappa shape index (κ2) is 6.07. The van der Waals surface area contributed by atoms with Crippen LogP contribution in [0.15, 0.2) is 54.6 Å². The molecule has 0 saturated heterocycles. The molecule has 3 rings (SSSR count). The van der Waals surface area contributed by atoms with Crippen LogP contribution in [0.4, 0.5) is 0 Å². The van der Waals surface area contributed by atoms with Gasteiger partial charge in [-0.05, 0) is 0 Å². The summed E-state index contributed by atoms with van der Waals surface area (Å²) in [5, 5.41) is 5.44. The Bertz CT molecular complexity index is 748. The summed E-state index contributed by atoms with van der Waals surface area (Å²) in [6.07, 6.45) is 0. The maximum absolute atomic E-state index is 5.96. The van der Waals surface area contributed by atoms with Crippen molar-refractivity contribution < 1.29 is 0 Å². The summed E-state index contributed by atoms with van der Waals surface area (Å²) >= 11 is 6.23. The molecule has 0 atom stereocenters. The normalized spacial score (nSPS) is 10.8. The molecular formula is C17H15ClN2Se. The summed E-state index contributed by atoms with van der Waals surface area (Å²) < 4.78 is 4.72. The van der Waals surface area contributed by atoms with Crippen molar-refractivity contribution >= 4 is 35.5 Å². The molecule has 0 aliphatic rings. The zero-order valence-corrected chi connectivity index (χ0v) is 14.3. The molecule has 0 radical (unpaired) electrons. The second-order valence-corrected chi connectivity index (χ2v) is 7.51. The van der Waals surface area contributed by atoms with Gasteiger partial charge in [0.15, 0.2) is 0 Å². The fourth-order valence-electron chi connectivity index (χ4n) is 2.22. The van der Waals surface area contributed by atoms with E-state index in [0.717, 1.165) is 16.4 Å². The standard InChI is InChI=1S/C17H15ClN2Se/c1-12-17(21-16-6-4-3-5-7-16)13(2)20(19-12)15-10-8-14(18)9-11-15/h3-11H,1-2H3. The van der Waals surface area contributed by atoms with Gasteiger partial charge in [0.1, 0.15) is 0 Å². The predicted octanol–water partition coefficient (Wildman–Crippen LogP) is 2.80. The molecule has 0 amide bonds. The van der Waals surface area contributed by atoms with Crippen molar-refractivity contribution in [2.45, 2.75) is 13.8 Å². The van der Waals surface area contributed by atoms with Crippen molar-refractivity contribution in [3.63, 3.8) is 0 Å². The molecule has 0 unspecified atom stereocenters. The van der Waals surface area contributed by atoms with Crippen molar-refractivity contribution in [3.05, 3.63) is 71.0 Å². The van der Waals surface area contributed by atoms with E-state index < -0.39 is 0 Å². The summed E-state index contributed by atoms with van der Waals surface area (Å²) in [5.74, 6) is 0. The molecule has 0 spiro atoms.